The zero-order chi connectivity index (χ0) is 16.5. The number of rotatable bonds is 8. The Bertz CT molecular complexity index is 390. The van der Waals surface area contributed by atoms with Gasteiger partial charge in [0.15, 0.2) is 0 Å². The standard InChI is InChI=1S/C17H27O2.ClH.Pd/c1-6-7-8-9-10-11-12-15-13(2)16(18)14(3)17(15,4)19-5;;/h3H,6-12H2,1-2,4-5H3;1H;/q-1;;+2/p-1. The van der Waals surface area contributed by atoms with E-state index in [9.17, 15) is 4.79 Å². The van der Waals surface area contributed by atoms with Crippen LogP contribution in [0, 0.1) is 6.58 Å². The van der Waals surface area contributed by atoms with Gasteiger partial charge in [-0.2, -0.15) is 0 Å². The number of methoxy groups -OCH3 is 1. The molecule has 0 amide bonds. The topological polar surface area (TPSA) is 26.3 Å². The first kappa shape index (κ1) is 21.1. The second-order valence-corrected chi connectivity index (χ2v) is 5.60. The Kier molecular flexibility index (Phi) is 10.8. The first-order valence-electron chi connectivity index (χ1n) is 7.54. The molecule has 0 radical (unpaired) electrons. The van der Waals surface area contributed by atoms with Crippen LogP contribution >= 0.6 is 9.53 Å². The van der Waals surface area contributed by atoms with Crippen LogP contribution in [0.25, 0.3) is 0 Å². The molecular weight excluding hydrogens is 378 g/mol. The number of halogens is 1. The van der Waals surface area contributed by atoms with Gasteiger partial charge in [-0.15, -0.1) is 5.57 Å². The Balaban J connectivity index is 0.00000191. The van der Waals surface area contributed by atoms with Crippen LogP contribution in [-0.2, 0) is 27.7 Å². The summed E-state index contributed by atoms with van der Waals surface area (Å²) in [5.74, 6) is -0.0367. The van der Waals surface area contributed by atoms with E-state index in [0.29, 0.717) is 5.57 Å². The van der Waals surface area contributed by atoms with E-state index in [2.05, 4.69) is 34.6 Å². The summed E-state index contributed by atoms with van der Waals surface area (Å²) in [6.45, 7) is 11.9. The third-order valence-electron chi connectivity index (χ3n) is 4.32. The van der Waals surface area contributed by atoms with E-state index in [0.717, 1.165) is 24.0 Å². The first-order valence-corrected chi connectivity index (χ1v) is 9.54. The number of allylic oxidation sites excluding steroid dienone is 1. The molecule has 0 aromatic heterocycles. The molecule has 1 aliphatic rings. The fraction of sp³-hybridized carbons (Fsp3) is 0.706. The second kappa shape index (κ2) is 10.7. The summed E-state index contributed by atoms with van der Waals surface area (Å²) in [6.07, 6.45) is 8.40. The fourth-order valence-corrected chi connectivity index (χ4v) is 2.82. The van der Waals surface area contributed by atoms with Crippen molar-refractivity contribution in [2.75, 3.05) is 7.11 Å². The first-order chi connectivity index (χ1) is 9.99. The minimum absolute atomic E-state index is 0.0367. The SMILES string of the molecule is [CH-]=C1C(=O)C(C)=C(CCCCCCCC)C1(C)OC.[Cl][Pd+]. The molecule has 0 fully saturated rings. The predicted octanol–water partition coefficient (Wildman–Crippen LogP) is 5.09. The van der Waals surface area contributed by atoms with Crippen molar-refractivity contribution in [2.24, 2.45) is 0 Å². The molecule has 0 spiro atoms. The van der Waals surface area contributed by atoms with Crippen molar-refractivity contribution in [3.05, 3.63) is 23.3 Å². The number of hydrogen-bond donors (Lipinski definition) is 0. The molecule has 0 heterocycles. The van der Waals surface area contributed by atoms with Crippen LogP contribution in [-0.4, -0.2) is 18.5 Å². The number of unbranched alkanes of at least 4 members (excludes halogenated alkanes) is 5. The van der Waals surface area contributed by atoms with Crippen molar-refractivity contribution in [2.45, 2.75) is 71.3 Å². The van der Waals surface area contributed by atoms with Gasteiger partial charge in [0.05, 0.1) is 5.60 Å². The zero-order valence-electron chi connectivity index (χ0n) is 13.5. The van der Waals surface area contributed by atoms with Crippen LogP contribution in [0.1, 0.15) is 65.7 Å². The van der Waals surface area contributed by atoms with E-state index in [1.54, 1.807) is 7.11 Å². The molecule has 4 heteroatoms. The van der Waals surface area contributed by atoms with Gasteiger partial charge in [0.1, 0.15) is 0 Å². The third-order valence-corrected chi connectivity index (χ3v) is 4.32. The number of ketones is 1. The summed E-state index contributed by atoms with van der Waals surface area (Å²) >= 11 is 2.22. The molecule has 21 heavy (non-hydrogen) atoms. The summed E-state index contributed by atoms with van der Waals surface area (Å²) in [4.78, 5) is 12.0. The van der Waals surface area contributed by atoms with Crippen LogP contribution in [0.2, 0.25) is 0 Å². The Morgan fingerprint density at radius 3 is 2.24 bits per heavy atom. The molecule has 2 nitrogen and oxygen atoms in total. The summed E-state index contributed by atoms with van der Waals surface area (Å²) in [5.41, 5.74) is 1.53. The van der Waals surface area contributed by atoms with Crippen LogP contribution in [0.15, 0.2) is 16.7 Å². The summed E-state index contributed by atoms with van der Waals surface area (Å²) in [7, 11) is 6.11. The van der Waals surface area contributed by atoms with Crippen molar-refractivity contribution >= 4 is 15.3 Å². The number of hydrogen-bond acceptors (Lipinski definition) is 2. The predicted molar refractivity (Wildman–Crippen MR) is 84.8 cm³/mol. The molecular formula is C17H27ClO2Pd. The van der Waals surface area contributed by atoms with Gasteiger partial charge in [-0.25, -0.2) is 0 Å². The molecule has 124 valence electrons. The maximum absolute atomic E-state index is 12.0. The van der Waals surface area contributed by atoms with E-state index in [4.69, 9.17) is 11.3 Å². The van der Waals surface area contributed by atoms with E-state index in [1.165, 1.54) is 32.1 Å². The molecule has 1 unspecified atom stereocenters. The van der Waals surface area contributed by atoms with Crippen molar-refractivity contribution < 1.29 is 27.7 Å². The average Bonchev–Trinajstić information content (AvgIpc) is 2.68. The van der Waals surface area contributed by atoms with Crippen LogP contribution < -0.4 is 0 Å². The molecule has 1 rings (SSSR count). The van der Waals surface area contributed by atoms with Crippen molar-refractivity contribution in [3.63, 3.8) is 0 Å². The van der Waals surface area contributed by atoms with Gasteiger partial charge in [-0.3, -0.25) is 6.58 Å². The molecule has 0 bridgehead atoms. The van der Waals surface area contributed by atoms with E-state index in [-0.39, 0.29) is 5.78 Å². The van der Waals surface area contributed by atoms with Crippen molar-refractivity contribution in [1.29, 1.82) is 0 Å². The van der Waals surface area contributed by atoms with Gasteiger partial charge >= 0.3 is 27.7 Å². The van der Waals surface area contributed by atoms with Gasteiger partial charge in [-0.05, 0) is 25.3 Å². The Hall–Kier alpha value is 0.0623. The summed E-state index contributed by atoms with van der Waals surface area (Å²) in [6, 6.07) is 0. The summed E-state index contributed by atoms with van der Waals surface area (Å²) in [5, 5.41) is 0. The Labute approximate surface area is 144 Å². The molecule has 0 aromatic rings. The van der Waals surface area contributed by atoms with E-state index in [1.807, 2.05) is 13.8 Å². The quantitative estimate of drug-likeness (QED) is 0.244. The van der Waals surface area contributed by atoms with Gasteiger partial charge in [0.2, 0.25) is 0 Å². The number of carbonyl (C=O) groups is 1. The second-order valence-electron chi connectivity index (χ2n) is 5.60. The molecule has 1 atom stereocenters. The molecule has 0 saturated carbocycles. The van der Waals surface area contributed by atoms with Crippen molar-refractivity contribution in [3.8, 4) is 0 Å². The number of Topliss-reactive ketones (excluding diaryl/α,β-unsaturated/α-hetero) is 1. The van der Waals surface area contributed by atoms with Gasteiger partial charge in [-0.1, -0.05) is 51.5 Å². The fourth-order valence-electron chi connectivity index (χ4n) is 2.82. The maximum atomic E-state index is 12.0. The number of carbonyl (C=O) groups excluding carboxylic acids is 1. The average molecular weight is 405 g/mol. The van der Waals surface area contributed by atoms with E-state index >= 15 is 0 Å². The number of ether oxygens (including phenoxy) is 1. The monoisotopic (exact) mass is 404 g/mol. The molecule has 0 N–H and O–H groups in total. The van der Waals surface area contributed by atoms with Gasteiger partial charge in [0, 0.05) is 12.9 Å². The molecule has 1 aliphatic carbocycles. The Morgan fingerprint density at radius 1 is 1.19 bits per heavy atom. The van der Waals surface area contributed by atoms with Crippen LogP contribution in [0.3, 0.4) is 0 Å². The molecule has 0 aromatic carbocycles. The third kappa shape index (κ3) is 5.32. The minimum atomic E-state index is -0.676. The summed E-state index contributed by atoms with van der Waals surface area (Å²) < 4.78 is 5.52. The van der Waals surface area contributed by atoms with Gasteiger partial charge < -0.3 is 9.53 Å². The Morgan fingerprint density at radius 2 is 1.71 bits per heavy atom. The van der Waals surface area contributed by atoms with E-state index < -0.39 is 5.60 Å². The molecule has 0 aliphatic heterocycles. The van der Waals surface area contributed by atoms with Crippen LogP contribution in [0.5, 0.6) is 0 Å². The normalized spacial score (nSPS) is 21.7. The van der Waals surface area contributed by atoms with Crippen LogP contribution in [0.4, 0.5) is 0 Å². The van der Waals surface area contributed by atoms with Gasteiger partial charge in [0.25, 0.3) is 0 Å². The van der Waals surface area contributed by atoms with Crippen molar-refractivity contribution in [1.82, 2.24) is 0 Å². The zero-order valence-corrected chi connectivity index (χ0v) is 15.8. The molecule has 0 saturated heterocycles.